The minimum Gasteiger partial charge on any atom is -0.394 e. The quantitative estimate of drug-likeness (QED) is 0.728. The summed E-state index contributed by atoms with van der Waals surface area (Å²) < 4.78 is 0. The Morgan fingerprint density at radius 3 is 2.19 bits per heavy atom. The second kappa shape index (κ2) is 5.52. The number of hydrogen-bond acceptors (Lipinski definition) is 4. The van der Waals surface area contributed by atoms with Crippen LogP contribution in [0.3, 0.4) is 0 Å². The lowest BCUT2D eigenvalue weighted by Gasteiger charge is -2.55. The molecule has 0 aromatic heterocycles. The Bertz CT molecular complexity index is 399. The van der Waals surface area contributed by atoms with Crippen LogP contribution >= 0.6 is 0 Å². The van der Waals surface area contributed by atoms with Gasteiger partial charge in [-0.2, -0.15) is 0 Å². The molecule has 1 amide bonds. The average molecular weight is 299 g/mol. The zero-order chi connectivity index (χ0) is 16.7. The van der Waals surface area contributed by atoms with Gasteiger partial charge < -0.3 is 15.7 Å². The summed E-state index contributed by atoms with van der Waals surface area (Å²) in [5.41, 5.74) is -1.43. The van der Waals surface area contributed by atoms with E-state index in [9.17, 15) is 9.90 Å². The van der Waals surface area contributed by atoms with Crippen LogP contribution in [0.25, 0.3) is 0 Å². The Balaban J connectivity index is 3.01. The maximum Gasteiger partial charge on any atom is 0.240 e. The summed E-state index contributed by atoms with van der Waals surface area (Å²) in [6.07, 6.45) is 0. The van der Waals surface area contributed by atoms with Crippen molar-refractivity contribution in [3.8, 4) is 0 Å². The zero-order valence-corrected chi connectivity index (χ0v) is 14.9. The molecule has 1 fully saturated rings. The van der Waals surface area contributed by atoms with Crippen LogP contribution in [0, 0.1) is 0 Å². The number of hydrogen-bond donors (Lipinski definition) is 3. The molecule has 124 valence electrons. The summed E-state index contributed by atoms with van der Waals surface area (Å²) in [4.78, 5) is 14.7. The molecule has 1 unspecified atom stereocenters. The summed E-state index contributed by atoms with van der Waals surface area (Å²) in [7, 11) is 0. The van der Waals surface area contributed by atoms with Gasteiger partial charge in [-0.3, -0.25) is 9.69 Å². The van der Waals surface area contributed by atoms with Crippen LogP contribution in [-0.4, -0.2) is 57.8 Å². The highest BCUT2D eigenvalue weighted by molar-refractivity contribution is 5.87. The molecule has 1 rings (SSSR count). The van der Waals surface area contributed by atoms with E-state index >= 15 is 0 Å². The van der Waals surface area contributed by atoms with Crippen LogP contribution in [0.4, 0.5) is 0 Å². The van der Waals surface area contributed by atoms with Gasteiger partial charge >= 0.3 is 0 Å². The van der Waals surface area contributed by atoms with Gasteiger partial charge in [0.2, 0.25) is 5.91 Å². The molecule has 1 saturated heterocycles. The highest BCUT2D eigenvalue weighted by atomic mass is 16.3. The third-order valence-electron chi connectivity index (χ3n) is 4.28. The minimum absolute atomic E-state index is 0.00196. The Kier molecular flexibility index (Phi) is 4.84. The number of nitrogens with one attached hydrogen (secondary N) is 2. The van der Waals surface area contributed by atoms with E-state index in [2.05, 4.69) is 43.2 Å². The highest BCUT2D eigenvalue weighted by Crippen LogP contribution is 2.31. The van der Waals surface area contributed by atoms with Crippen molar-refractivity contribution >= 4 is 5.91 Å². The summed E-state index contributed by atoms with van der Waals surface area (Å²) in [5, 5.41) is 16.3. The van der Waals surface area contributed by atoms with Crippen LogP contribution in [0.2, 0.25) is 0 Å². The first-order chi connectivity index (χ1) is 9.23. The summed E-state index contributed by atoms with van der Waals surface area (Å²) in [6.45, 7) is 17.6. The topological polar surface area (TPSA) is 64.6 Å². The van der Waals surface area contributed by atoms with Crippen LogP contribution < -0.4 is 10.6 Å². The number of nitrogens with zero attached hydrogens (tertiary/aromatic N) is 1. The second-order valence-corrected chi connectivity index (χ2v) is 8.73. The molecular formula is C16H33N3O2. The lowest BCUT2D eigenvalue weighted by Crippen LogP contribution is -2.76. The molecule has 0 aliphatic carbocycles. The maximum absolute atomic E-state index is 12.6. The fraction of sp³-hybridized carbons (Fsp3) is 0.938. The molecule has 0 aromatic carbocycles. The molecule has 3 N–H and O–H groups in total. The molecule has 21 heavy (non-hydrogen) atoms. The first kappa shape index (κ1) is 18.4. The molecule has 1 aliphatic rings. The summed E-state index contributed by atoms with van der Waals surface area (Å²) in [6, 6.07) is 0. The normalized spacial score (nSPS) is 27.6. The molecule has 0 radical (unpaired) electrons. The molecule has 1 atom stereocenters. The molecule has 1 heterocycles. The van der Waals surface area contributed by atoms with Gasteiger partial charge in [0.15, 0.2) is 0 Å². The van der Waals surface area contributed by atoms with Crippen molar-refractivity contribution in [1.82, 2.24) is 15.5 Å². The van der Waals surface area contributed by atoms with Gasteiger partial charge in [-0.15, -0.1) is 0 Å². The molecular weight excluding hydrogens is 266 g/mol. The van der Waals surface area contributed by atoms with Crippen molar-refractivity contribution in [3.63, 3.8) is 0 Å². The fourth-order valence-electron chi connectivity index (χ4n) is 2.75. The van der Waals surface area contributed by atoms with Gasteiger partial charge in [0, 0.05) is 24.2 Å². The van der Waals surface area contributed by atoms with Crippen molar-refractivity contribution in [1.29, 1.82) is 0 Å². The number of rotatable bonds is 4. The van der Waals surface area contributed by atoms with Gasteiger partial charge in [-0.25, -0.2) is 0 Å². The highest BCUT2D eigenvalue weighted by Gasteiger charge is 2.50. The van der Waals surface area contributed by atoms with Gasteiger partial charge in [-0.1, -0.05) is 0 Å². The standard InChI is InChI=1S/C16H33N3O2/c1-13(2,3)17-9-16(8)10-19(14(4,5)11-20)15(6,7)12(21)18-16/h17,20H,9-11H2,1-8H3,(H,18,21). The smallest absolute Gasteiger partial charge is 0.240 e. The van der Waals surface area contributed by atoms with E-state index in [4.69, 9.17) is 0 Å². The summed E-state index contributed by atoms with van der Waals surface area (Å²) in [5.74, 6) is 0.00786. The molecule has 5 nitrogen and oxygen atoms in total. The van der Waals surface area contributed by atoms with E-state index in [-0.39, 0.29) is 23.6 Å². The van der Waals surface area contributed by atoms with Crippen molar-refractivity contribution < 1.29 is 9.90 Å². The lowest BCUT2D eigenvalue weighted by molar-refractivity contribution is -0.148. The predicted molar refractivity (Wildman–Crippen MR) is 86.3 cm³/mol. The van der Waals surface area contributed by atoms with E-state index in [1.165, 1.54) is 0 Å². The SMILES string of the molecule is CC(C)(C)NCC1(C)CN(C(C)(C)CO)C(C)(C)C(=O)N1. The second-order valence-electron chi connectivity index (χ2n) is 8.73. The van der Waals surface area contributed by atoms with E-state index in [1.54, 1.807) is 0 Å². The molecule has 0 saturated carbocycles. The minimum atomic E-state index is -0.631. The fourth-order valence-corrected chi connectivity index (χ4v) is 2.75. The van der Waals surface area contributed by atoms with Gasteiger partial charge in [0.25, 0.3) is 0 Å². The third-order valence-corrected chi connectivity index (χ3v) is 4.28. The average Bonchev–Trinajstić information content (AvgIpc) is 2.31. The van der Waals surface area contributed by atoms with Gasteiger partial charge in [-0.05, 0) is 55.4 Å². The molecule has 0 spiro atoms. The first-order valence-corrected chi connectivity index (χ1v) is 7.70. The predicted octanol–water partition coefficient (Wildman–Crippen LogP) is 1.11. The number of piperazine rings is 1. The number of aliphatic hydroxyl groups excluding tert-OH is 1. The van der Waals surface area contributed by atoms with Crippen LogP contribution in [0.5, 0.6) is 0 Å². The number of carbonyl (C=O) groups excluding carboxylic acids is 1. The first-order valence-electron chi connectivity index (χ1n) is 7.70. The van der Waals surface area contributed by atoms with Crippen LogP contribution in [0.15, 0.2) is 0 Å². The number of carbonyl (C=O) groups is 1. The third kappa shape index (κ3) is 4.18. The Morgan fingerprint density at radius 1 is 1.24 bits per heavy atom. The lowest BCUT2D eigenvalue weighted by atomic mass is 9.84. The van der Waals surface area contributed by atoms with Crippen molar-refractivity contribution in [3.05, 3.63) is 0 Å². The van der Waals surface area contributed by atoms with Crippen molar-refractivity contribution in [2.75, 3.05) is 19.7 Å². The summed E-state index contributed by atoms with van der Waals surface area (Å²) >= 11 is 0. The molecule has 5 heteroatoms. The zero-order valence-electron chi connectivity index (χ0n) is 14.9. The Hall–Kier alpha value is -0.650. The Morgan fingerprint density at radius 2 is 1.76 bits per heavy atom. The Labute approximate surface area is 129 Å². The monoisotopic (exact) mass is 299 g/mol. The van der Waals surface area contributed by atoms with Crippen LogP contribution in [0.1, 0.15) is 55.4 Å². The van der Waals surface area contributed by atoms with Crippen molar-refractivity contribution in [2.45, 2.75) is 77.5 Å². The van der Waals surface area contributed by atoms with Crippen LogP contribution in [-0.2, 0) is 4.79 Å². The largest absolute Gasteiger partial charge is 0.394 e. The van der Waals surface area contributed by atoms with Gasteiger partial charge in [0.05, 0.1) is 17.7 Å². The van der Waals surface area contributed by atoms with E-state index in [0.717, 1.165) is 0 Å². The molecule has 0 aromatic rings. The number of aliphatic hydroxyl groups is 1. The number of amides is 1. The molecule has 0 bridgehead atoms. The van der Waals surface area contributed by atoms with Gasteiger partial charge in [0.1, 0.15) is 0 Å². The maximum atomic E-state index is 12.6. The molecule has 1 aliphatic heterocycles. The van der Waals surface area contributed by atoms with Crippen molar-refractivity contribution in [2.24, 2.45) is 0 Å². The van der Waals surface area contributed by atoms with E-state index in [0.29, 0.717) is 13.1 Å². The van der Waals surface area contributed by atoms with E-state index < -0.39 is 11.1 Å². The van der Waals surface area contributed by atoms with E-state index in [1.807, 2.05) is 27.7 Å².